The molecule has 2 rings (SSSR count). The first-order valence-corrected chi connectivity index (χ1v) is 11.0. The van der Waals surface area contributed by atoms with Crippen LogP contribution >= 0.6 is 0 Å². The van der Waals surface area contributed by atoms with Crippen molar-refractivity contribution in [3.63, 3.8) is 0 Å². The molecule has 2 fully saturated rings. The van der Waals surface area contributed by atoms with Crippen molar-refractivity contribution in [2.45, 2.75) is 96.0 Å². The second kappa shape index (κ2) is 11.6. The van der Waals surface area contributed by atoms with E-state index < -0.39 is 0 Å². The molecule has 2 nitrogen and oxygen atoms in total. The van der Waals surface area contributed by atoms with E-state index in [-0.39, 0.29) is 5.60 Å². The summed E-state index contributed by atoms with van der Waals surface area (Å²) in [5, 5.41) is 8.50. The number of nitrogens with zero attached hydrogens (tertiary/aromatic N) is 1. The molecule has 0 atom stereocenters. The average molecular weight is 358 g/mol. The topological polar surface area (TPSA) is 33.0 Å². The normalized spacial score (nSPS) is 32.9. The van der Waals surface area contributed by atoms with E-state index in [1.807, 2.05) is 25.3 Å². The van der Waals surface area contributed by atoms with Crippen molar-refractivity contribution in [3.8, 4) is 6.07 Å². The molecular weight excluding hydrogens is 318 g/mol. The molecule has 146 valence electrons. The zero-order chi connectivity index (χ0) is 18.7. The number of nitriles is 1. The lowest BCUT2D eigenvalue weighted by molar-refractivity contribution is -0.0618. The van der Waals surface area contributed by atoms with Gasteiger partial charge in [-0.2, -0.15) is 5.26 Å². The van der Waals surface area contributed by atoms with Crippen molar-refractivity contribution in [3.05, 3.63) is 24.3 Å². The second-order valence-corrected chi connectivity index (χ2v) is 8.60. The molecule has 0 radical (unpaired) electrons. The molecular formula is C24H39NO. The van der Waals surface area contributed by atoms with Gasteiger partial charge < -0.3 is 4.74 Å². The predicted octanol–water partition coefficient (Wildman–Crippen LogP) is 6.97. The van der Waals surface area contributed by atoms with Gasteiger partial charge >= 0.3 is 0 Å². The smallest absolute Gasteiger partial charge is 0.0912 e. The Bertz CT molecular complexity index is 471. The van der Waals surface area contributed by atoms with Crippen molar-refractivity contribution < 1.29 is 4.74 Å². The van der Waals surface area contributed by atoms with Gasteiger partial charge in [0.15, 0.2) is 0 Å². The van der Waals surface area contributed by atoms with Gasteiger partial charge in [-0.05, 0) is 69.1 Å². The molecule has 0 N–H and O–H groups in total. The summed E-state index contributed by atoms with van der Waals surface area (Å²) in [7, 11) is 1.90. The van der Waals surface area contributed by atoms with Crippen LogP contribution in [0.1, 0.15) is 90.4 Å². The minimum Gasteiger partial charge on any atom is -0.378 e. The summed E-state index contributed by atoms with van der Waals surface area (Å²) in [6.45, 7) is 2.31. The Hall–Kier alpha value is -1.07. The highest BCUT2D eigenvalue weighted by molar-refractivity contribution is 5.11. The van der Waals surface area contributed by atoms with Gasteiger partial charge in [-0.1, -0.05) is 57.3 Å². The molecule has 0 saturated heterocycles. The monoisotopic (exact) mass is 357 g/mol. The standard InChI is InChI=1S/C24H39NO/c1-3-4-10-21-11-13-22(14-12-21)23-15-18-24(26-2,19-16-23)17-8-6-5-7-9-20-25/h5-7,9,21-23H,3-4,8,10-19H2,1-2H3/t21-,22-,23-,24+. The van der Waals surface area contributed by atoms with Crippen LogP contribution < -0.4 is 0 Å². The summed E-state index contributed by atoms with van der Waals surface area (Å²) >= 11 is 0. The molecule has 2 saturated carbocycles. The van der Waals surface area contributed by atoms with E-state index in [0.717, 1.165) is 30.6 Å². The van der Waals surface area contributed by atoms with Gasteiger partial charge in [-0.15, -0.1) is 0 Å². The molecule has 0 aromatic heterocycles. The minimum absolute atomic E-state index is 0.0953. The molecule has 26 heavy (non-hydrogen) atoms. The summed E-state index contributed by atoms with van der Waals surface area (Å²) < 4.78 is 6.00. The number of methoxy groups -OCH3 is 1. The zero-order valence-electron chi connectivity index (χ0n) is 17.1. The van der Waals surface area contributed by atoms with E-state index in [2.05, 4.69) is 13.0 Å². The van der Waals surface area contributed by atoms with Crippen LogP contribution in [-0.4, -0.2) is 12.7 Å². The predicted molar refractivity (Wildman–Crippen MR) is 110 cm³/mol. The molecule has 2 aliphatic rings. The lowest BCUT2D eigenvalue weighted by Gasteiger charge is -2.43. The Kier molecular flexibility index (Phi) is 9.48. The summed E-state index contributed by atoms with van der Waals surface area (Å²) in [5.74, 6) is 2.95. The first-order valence-electron chi connectivity index (χ1n) is 11.0. The SMILES string of the molecule is CCCC[C@H]1CC[C@H]([C@H]2CC[C@@](CCC=CC=CC#N)(OC)CC2)CC1. The first kappa shape index (κ1) is 21.2. The van der Waals surface area contributed by atoms with Crippen molar-refractivity contribution in [1.82, 2.24) is 0 Å². The number of hydrogen-bond donors (Lipinski definition) is 0. The fourth-order valence-electron chi connectivity index (χ4n) is 5.25. The Labute approximate surface area is 161 Å². The van der Waals surface area contributed by atoms with Gasteiger partial charge in [-0.3, -0.25) is 0 Å². The Morgan fingerprint density at radius 3 is 2.35 bits per heavy atom. The largest absolute Gasteiger partial charge is 0.378 e. The van der Waals surface area contributed by atoms with Gasteiger partial charge in [0, 0.05) is 13.2 Å². The molecule has 0 aromatic rings. The van der Waals surface area contributed by atoms with E-state index >= 15 is 0 Å². The summed E-state index contributed by atoms with van der Waals surface area (Å²) in [5.41, 5.74) is 0.0953. The summed E-state index contributed by atoms with van der Waals surface area (Å²) in [4.78, 5) is 0. The van der Waals surface area contributed by atoms with Gasteiger partial charge in [0.1, 0.15) is 0 Å². The Morgan fingerprint density at radius 2 is 1.73 bits per heavy atom. The maximum absolute atomic E-state index is 8.50. The van der Waals surface area contributed by atoms with Crippen molar-refractivity contribution in [2.24, 2.45) is 17.8 Å². The van der Waals surface area contributed by atoms with Crippen LogP contribution in [0.15, 0.2) is 24.3 Å². The van der Waals surface area contributed by atoms with Gasteiger partial charge in [-0.25, -0.2) is 0 Å². The number of allylic oxidation sites excluding steroid dienone is 4. The first-order chi connectivity index (χ1) is 12.7. The molecule has 0 aromatic carbocycles. The van der Waals surface area contributed by atoms with E-state index in [4.69, 9.17) is 10.00 Å². The number of rotatable bonds is 9. The van der Waals surface area contributed by atoms with Crippen LogP contribution in [0.2, 0.25) is 0 Å². The van der Waals surface area contributed by atoms with Crippen LogP contribution in [0, 0.1) is 29.1 Å². The maximum Gasteiger partial charge on any atom is 0.0912 e. The highest BCUT2D eigenvalue weighted by Gasteiger charge is 2.37. The van der Waals surface area contributed by atoms with Crippen LogP contribution in [0.25, 0.3) is 0 Å². The third-order valence-electron chi connectivity index (χ3n) is 7.08. The van der Waals surface area contributed by atoms with Crippen molar-refractivity contribution in [2.75, 3.05) is 7.11 Å². The highest BCUT2D eigenvalue weighted by atomic mass is 16.5. The Balaban J connectivity index is 1.72. The van der Waals surface area contributed by atoms with Crippen molar-refractivity contribution in [1.29, 1.82) is 5.26 Å². The number of unbranched alkanes of at least 4 members (excludes halogenated alkanes) is 1. The molecule has 0 spiro atoms. The van der Waals surface area contributed by atoms with E-state index in [1.165, 1.54) is 76.7 Å². The van der Waals surface area contributed by atoms with Gasteiger partial charge in [0.05, 0.1) is 11.7 Å². The van der Waals surface area contributed by atoms with Crippen LogP contribution in [-0.2, 0) is 4.74 Å². The number of ether oxygens (including phenoxy) is 1. The third kappa shape index (κ3) is 6.58. The van der Waals surface area contributed by atoms with E-state index in [0.29, 0.717) is 0 Å². The molecule has 0 amide bonds. The molecule has 0 aliphatic heterocycles. The molecule has 0 bridgehead atoms. The average Bonchev–Trinajstić information content (AvgIpc) is 2.70. The van der Waals surface area contributed by atoms with E-state index in [9.17, 15) is 0 Å². The number of hydrogen-bond acceptors (Lipinski definition) is 2. The minimum atomic E-state index is 0.0953. The maximum atomic E-state index is 8.50. The summed E-state index contributed by atoms with van der Waals surface area (Å²) in [6, 6.07) is 2.02. The summed E-state index contributed by atoms with van der Waals surface area (Å²) in [6.07, 6.45) is 25.0. The third-order valence-corrected chi connectivity index (χ3v) is 7.08. The van der Waals surface area contributed by atoms with Gasteiger partial charge in [0.25, 0.3) is 0 Å². The molecule has 2 aliphatic carbocycles. The lowest BCUT2D eigenvalue weighted by Crippen LogP contribution is -2.38. The second-order valence-electron chi connectivity index (χ2n) is 8.60. The molecule has 0 heterocycles. The fourth-order valence-corrected chi connectivity index (χ4v) is 5.25. The lowest BCUT2D eigenvalue weighted by atomic mass is 9.67. The van der Waals surface area contributed by atoms with Crippen LogP contribution in [0.3, 0.4) is 0 Å². The molecule has 2 heteroatoms. The highest BCUT2D eigenvalue weighted by Crippen LogP contribution is 2.45. The quantitative estimate of drug-likeness (QED) is 0.329. The Morgan fingerprint density at radius 1 is 1.04 bits per heavy atom. The molecule has 0 unspecified atom stereocenters. The van der Waals surface area contributed by atoms with Crippen LogP contribution in [0.5, 0.6) is 0 Å². The van der Waals surface area contributed by atoms with Gasteiger partial charge in [0.2, 0.25) is 0 Å². The fraction of sp³-hybridized carbons (Fsp3) is 0.792. The van der Waals surface area contributed by atoms with Crippen LogP contribution in [0.4, 0.5) is 0 Å². The van der Waals surface area contributed by atoms with Crippen molar-refractivity contribution >= 4 is 0 Å². The zero-order valence-corrected chi connectivity index (χ0v) is 17.1. The van der Waals surface area contributed by atoms with E-state index in [1.54, 1.807) is 0 Å².